The van der Waals surface area contributed by atoms with Crippen LogP contribution < -0.4 is 4.74 Å². The monoisotopic (exact) mass is 459 g/mol. The number of halogens is 1. The first-order chi connectivity index (χ1) is 15.4. The molecule has 0 radical (unpaired) electrons. The van der Waals surface area contributed by atoms with E-state index >= 15 is 0 Å². The van der Waals surface area contributed by atoms with Crippen molar-refractivity contribution in [3.8, 4) is 5.75 Å². The van der Waals surface area contributed by atoms with E-state index in [0.29, 0.717) is 18.9 Å². The summed E-state index contributed by atoms with van der Waals surface area (Å²) in [5.74, 6) is 0.924. The highest BCUT2D eigenvalue weighted by atomic mass is 32.2. The minimum absolute atomic E-state index is 0.136. The van der Waals surface area contributed by atoms with Crippen molar-refractivity contribution in [3.05, 3.63) is 58.9 Å². The third-order valence-corrected chi connectivity index (χ3v) is 6.91. The number of thioether (sulfide) groups is 1. The Hall–Kier alpha value is -2.05. The Morgan fingerprint density at radius 2 is 2.00 bits per heavy atom. The van der Waals surface area contributed by atoms with Gasteiger partial charge in [0.25, 0.3) is 0 Å². The van der Waals surface area contributed by atoms with Crippen molar-refractivity contribution >= 4 is 17.7 Å². The Bertz CT molecular complexity index is 903. The maximum atomic E-state index is 14.5. The van der Waals surface area contributed by atoms with E-state index in [2.05, 4.69) is 36.9 Å². The van der Waals surface area contributed by atoms with E-state index in [1.54, 1.807) is 23.9 Å². The van der Waals surface area contributed by atoms with Crippen LogP contribution in [0.2, 0.25) is 0 Å². The van der Waals surface area contributed by atoms with E-state index in [9.17, 15) is 9.18 Å². The lowest BCUT2D eigenvalue weighted by Crippen LogP contribution is -2.29. The summed E-state index contributed by atoms with van der Waals surface area (Å²) in [5.41, 5.74) is 3.03. The largest absolute Gasteiger partial charge is 0.493 e. The predicted molar refractivity (Wildman–Crippen MR) is 128 cm³/mol. The first-order valence-corrected chi connectivity index (χ1v) is 12.5. The van der Waals surface area contributed by atoms with Crippen LogP contribution in [-0.2, 0) is 17.0 Å². The lowest BCUT2D eigenvalue weighted by molar-refractivity contribution is -0.137. The molecule has 1 N–H and O–H groups in total. The molecule has 0 bridgehead atoms. The van der Waals surface area contributed by atoms with Gasteiger partial charge in [-0.2, -0.15) is 0 Å². The molecule has 4 nitrogen and oxygen atoms in total. The number of hydrogen-bond acceptors (Lipinski definition) is 4. The van der Waals surface area contributed by atoms with Crippen LogP contribution in [0, 0.1) is 5.82 Å². The van der Waals surface area contributed by atoms with Crippen molar-refractivity contribution in [1.29, 1.82) is 0 Å². The van der Waals surface area contributed by atoms with Gasteiger partial charge in [-0.15, -0.1) is 11.8 Å². The first-order valence-electron chi connectivity index (χ1n) is 11.5. The molecule has 0 saturated heterocycles. The number of benzene rings is 2. The summed E-state index contributed by atoms with van der Waals surface area (Å²) in [6, 6.07) is 11.7. The molecule has 0 atom stereocenters. The lowest BCUT2D eigenvalue weighted by Gasteiger charge is -2.21. The minimum Gasteiger partial charge on any atom is -0.493 e. The third kappa shape index (κ3) is 7.24. The van der Waals surface area contributed by atoms with E-state index in [1.807, 2.05) is 6.07 Å². The van der Waals surface area contributed by atoms with Crippen LogP contribution in [0.5, 0.6) is 5.75 Å². The summed E-state index contributed by atoms with van der Waals surface area (Å²) in [5, 5.41) is 8.98. The van der Waals surface area contributed by atoms with Crippen LogP contribution in [0.4, 0.5) is 4.39 Å². The molecule has 0 aliphatic carbocycles. The Morgan fingerprint density at radius 1 is 1.19 bits per heavy atom. The molecule has 2 aromatic rings. The van der Waals surface area contributed by atoms with Gasteiger partial charge in [0.2, 0.25) is 0 Å². The Morgan fingerprint density at radius 3 is 2.78 bits per heavy atom. The fourth-order valence-corrected chi connectivity index (χ4v) is 5.06. The van der Waals surface area contributed by atoms with Gasteiger partial charge in [0.05, 0.1) is 13.0 Å². The molecule has 6 heteroatoms. The minimum atomic E-state index is -0.742. The molecular weight excluding hydrogens is 425 g/mol. The van der Waals surface area contributed by atoms with Gasteiger partial charge in [-0.1, -0.05) is 32.0 Å². The van der Waals surface area contributed by atoms with Crippen LogP contribution in [-0.4, -0.2) is 42.2 Å². The molecule has 174 valence electrons. The van der Waals surface area contributed by atoms with E-state index in [-0.39, 0.29) is 18.2 Å². The van der Waals surface area contributed by atoms with Crippen molar-refractivity contribution < 1.29 is 19.0 Å². The molecule has 0 spiro atoms. The number of fused-ring (bicyclic) bond motifs is 1. The average Bonchev–Trinajstić information content (AvgIpc) is 2.80. The summed E-state index contributed by atoms with van der Waals surface area (Å²) >= 11 is 1.64. The first kappa shape index (κ1) is 24.6. The zero-order valence-electron chi connectivity index (χ0n) is 19.1. The van der Waals surface area contributed by atoms with Gasteiger partial charge in [-0.25, -0.2) is 4.39 Å². The number of rotatable bonds is 7. The smallest absolute Gasteiger partial charge is 0.304 e. The highest BCUT2D eigenvalue weighted by Crippen LogP contribution is 2.33. The fourth-order valence-electron chi connectivity index (χ4n) is 4.09. The van der Waals surface area contributed by atoms with Gasteiger partial charge in [0.1, 0.15) is 11.6 Å². The van der Waals surface area contributed by atoms with E-state index in [4.69, 9.17) is 9.84 Å². The fraction of sp³-hybridized carbons (Fsp3) is 0.500. The number of carboxylic acids is 1. The van der Waals surface area contributed by atoms with Gasteiger partial charge >= 0.3 is 5.97 Å². The molecule has 0 aromatic heterocycles. The number of hydrogen-bond donors (Lipinski definition) is 1. The maximum Gasteiger partial charge on any atom is 0.304 e. The normalized spacial score (nSPS) is 15.6. The summed E-state index contributed by atoms with van der Waals surface area (Å²) in [4.78, 5) is 14.3. The summed E-state index contributed by atoms with van der Waals surface area (Å²) in [6.07, 6.45) is 3.99. The van der Waals surface area contributed by atoms with Crippen LogP contribution >= 0.6 is 11.8 Å². The summed E-state index contributed by atoms with van der Waals surface area (Å²) < 4.78 is 20.6. The second kappa shape index (κ2) is 12.3. The number of nitrogens with zero attached hydrogens (tertiary/aromatic N) is 1. The Labute approximate surface area is 195 Å². The molecule has 0 unspecified atom stereocenters. The Kier molecular flexibility index (Phi) is 9.42. The maximum absolute atomic E-state index is 14.5. The van der Waals surface area contributed by atoms with Crippen molar-refractivity contribution in [2.24, 2.45) is 0 Å². The zero-order chi connectivity index (χ0) is 22.9. The van der Waals surface area contributed by atoms with Crippen molar-refractivity contribution in [1.82, 2.24) is 4.90 Å². The molecule has 0 fully saturated rings. The Balaban J connectivity index is 1.67. The van der Waals surface area contributed by atoms with E-state index in [1.165, 1.54) is 5.56 Å². The van der Waals surface area contributed by atoms with Crippen molar-refractivity contribution in [2.45, 2.75) is 62.5 Å². The lowest BCUT2D eigenvalue weighted by atomic mass is 9.98. The number of carboxylic acid groups (broad SMARTS) is 1. The van der Waals surface area contributed by atoms with Crippen LogP contribution in [0.15, 0.2) is 41.3 Å². The molecule has 0 saturated carbocycles. The standard InChI is InChI=1S/C26H34FNO3S/c1-19(2)22-8-5-9-24(27)23(22)18-32-21-11-10-20-7-6-14-28(15-12-26(29)30)13-3-4-16-31-25(20)17-21/h5,8-11,17,19H,3-4,6-7,12-16,18H2,1-2H3,(H,29,30). The molecule has 3 rings (SSSR count). The topological polar surface area (TPSA) is 49.8 Å². The number of aryl methyl sites for hydroxylation is 1. The second-order valence-electron chi connectivity index (χ2n) is 8.67. The van der Waals surface area contributed by atoms with E-state index < -0.39 is 5.97 Å². The van der Waals surface area contributed by atoms with Gasteiger partial charge in [0, 0.05) is 22.8 Å². The van der Waals surface area contributed by atoms with Crippen LogP contribution in [0.3, 0.4) is 0 Å². The highest BCUT2D eigenvalue weighted by Gasteiger charge is 2.14. The number of ether oxygens (including phenoxy) is 1. The van der Waals surface area contributed by atoms with Crippen LogP contribution in [0.1, 0.15) is 62.1 Å². The number of carbonyl (C=O) groups is 1. The molecule has 2 aromatic carbocycles. The van der Waals surface area contributed by atoms with E-state index in [0.717, 1.165) is 60.5 Å². The second-order valence-corrected chi connectivity index (χ2v) is 9.71. The van der Waals surface area contributed by atoms with Gasteiger partial charge in [-0.05, 0) is 74.0 Å². The zero-order valence-corrected chi connectivity index (χ0v) is 19.9. The molecule has 1 aliphatic heterocycles. The number of aliphatic carboxylic acids is 1. The quantitative estimate of drug-likeness (QED) is 0.505. The van der Waals surface area contributed by atoms with Crippen LogP contribution in [0.25, 0.3) is 0 Å². The predicted octanol–water partition coefficient (Wildman–Crippen LogP) is 6.12. The molecule has 32 heavy (non-hydrogen) atoms. The van der Waals surface area contributed by atoms with Crippen molar-refractivity contribution in [2.75, 3.05) is 26.2 Å². The van der Waals surface area contributed by atoms with Gasteiger partial charge in [-0.3, -0.25) is 4.79 Å². The highest BCUT2D eigenvalue weighted by molar-refractivity contribution is 7.98. The molecule has 1 heterocycles. The van der Waals surface area contributed by atoms with Crippen molar-refractivity contribution in [3.63, 3.8) is 0 Å². The molecule has 1 aliphatic rings. The SMILES string of the molecule is CC(C)c1cccc(F)c1CSc1ccc2c(c1)OCCCCN(CCC(=O)O)CCC2. The molecular formula is C26H34FNO3S. The summed E-state index contributed by atoms with van der Waals surface area (Å²) in [6.45, 7) is 7.26. The van der Waals surface area contributed by atoms with Gasteiger partial charge < -0.3 is 14.7 Å². The summed E-state index contributed by atoms with van der Waals surface area (Å²) in [7, 11) is 0. The molecule has 0 amide bonds. The third-order valence-electron chi connectivity index (χ3n) is 5.89. The average molecular weight is 460 g/mol. The van der Waals surface area contributed by atoms with Gasteiger partial charge in [0.15, 0.2) is 0 Å².